The number of halogens is 2. The second-order valence-corrected chi connectivity index (χ2v) is 17.0. The summed E-state index contributed by atoms with van der Waals surface area (Å²) in [6.45, 7) is 33.5. The number of carbonyl (C=O) groups excluding carboxylic acids is 5. The molecule has 0 aromatic heterocycles. The Morgan fingerprint density at radius 1 is 0.627 bits per heavy atom. The summed E-state index contributed by atoms with van der Waals surface area (Å²) in [5.41, 5.74) is -0.161. The minimum Gasteiger partial charge on any atom is -0.480 e. The third-order valence-electron chi connectivity index (χ3n) is 7.78. The van der Waals surface area contributed by atoms with Gasteiger partial charge in [0.25, 0.3) is 0 Å². The molecule has 59 heavy (non-hydrogen) atoms. The lowest BCUT2D eigenvalue weighted by atomic mass is 9.97. The highest BCUT2D eigenvalue weighted by atomic mass is 35.5. The van der Waals surface area contributed by atoms with Gasteiger partial charge < -0.3 is 44.9 Å². The van der Waals surface area contributed by atoms with Crippen LogP contribution in [0.1, 0.15) is 125 Å². The number of likely N-dealkylation sites (N-methyl/N-ethyl adjacent to an activating group) is 2. The molecule has 0 aliphatic heterocycles. The van der Waals surface area contributed by atoms with Gasteiger partial charge in [-0.3, -0.25) is 4.79 Å². The van der Waals surface area contributed by atoms with E-state index in [1.54, 1.807) is 94.2 Å². The van der Waals surface area contributed by atoms with E-state index >= 15 is 0 Å². The summed E-state index contributed by atoms with van der Waals surface area (Å²) >= 11 is 0. The highest BCUT2D eigenvalue weighted by Gasteiger charge is 2.33. The molecule has 348 valence electrons. The van der Waals surface area contributed by atoms with E-state index in [2.05, 4.69) is 29.8 Å². The number of carboxylic acids is 1. The highest BCUT2D eigenvalue weighted by Crippen LogP contribution is 2.18. The molecule has 0 radical (unpaired) electrons. The van der Waals surface area contributed by atoms with Gasteiger partial charge in [-0.25, -0.2) is 24.0 Å². The second kappa shape index (κ2) is 31.3. The third kappa shape index (κ3) is 30.2. The quantitative estimate of drug-likeness (QED) is 0.0669. The lowest BCUT2D eigenvalue weighted by Crippen LogP contribution is -2.54. The fraction of sp³-hybridized carbons (Fsp3) is 0.762. The van der Waals surface area contributed by atoms with E-state index in [9.17, 15) is 28.8 Å². The van der Waals surface area contributed by atoms with Crippen molar-refractivity contribution in [2.75, 3.05) is 27.3 Å². The number of nitrogens with one attached hydrogen (secondary N) is 3. The van der Waals surface area contributed by atoms with E-state index in [-0.39, 0.29) is 66.5 Å². The van der Waals surface area contributed by atoms with Crippen LogP contribution in [-0.4, -0.2) is 109 Å². The summed E-state index contributed by atoms with van der Waals surface area (Å²) in [5, 5.41) is 17.0. The molecule has 0 bridgehead atoms. The Kier molecular flexibility index (Phi) is 34.3. The minimum atomic E-state index is -1.06. The zero-order valence-electron chi connectivity index (χ0n) is 39.5. The van der Waals surface area contributed by atoms with Crippen LogP contribution in [0.3, 0.4) is 0 Å². The standard InChI is InChI=1S/C21H38N2O5.C11H21NO2.C10H19NO4.2ClH/c1-11-27-19(25)15(6)12-16(13(2)3)23(10)18(24)17(14(4)5)22-20(26)28-21(7,8)9;1-6-14-11(13)9(4)7-10(12-5)8(2)3;1-6(2)7(8(12)13)11-9(14)15-10(3,4)5;;/h12-14,16-17H,11H2,1-10H3,(H,22,26);7-8,10,12H,6H2,1-5H3;6-7H,1-5H3,(H,11,14)(H,12,13);2*1H/b15-12+;9-7+;;;/t16-,17?;10-;;;/m11.../s1. The largest absolute Gasteiger partial charge is 0.480 e. The Morgan fingerprint density at radius 2 is 0.983 bits per heavy atom. The number of aliphatic carboxylic acids is 1. The first-order valence-electron chi connectivity index (χ1n) is 19.7. The number of ether oxygens (including phenoxy) is 4. The van der Waals surface area contributed by atoms with Crippen molar-refractivity contribution in [1.29, 1.82) is 0 Å². The van der Waals surface area contributed by atoms with Gasteiger partial charge >= 0.3 is 30.1 Å². The van der Waals surface area contributed by atoms with Crippen LogP contribution in [0, 0.1) is 23.7 Å². The van der Waals surface area contributed by atoms with Crippen molar-refractivity contribution >= 4 is 60.8 Å². The number of carboxylic acid groups (broad SMARTS) is 1. The van der Waals surface area contributed by atoms with Crippen LogP contribution in [0.25, 0.3) is 0 Å². The summed E-state index contributed by atoms with van der Waals surface area (Å²) in [4.78, 5) is 72.1. The lowest BCUT2D eigenvalue weighted by Gasteiger charge is -2.34. The Labute approximate surface area is 367 Å². The van der Waals surface area contributed by atoms with Gasteiger partial charge in [0.15, 0.2) is 0 Å². The molecule has 0 aliphatic rings. The molecule has 0 heterocycles. The van der Waals surface area contributed by atoms with Crippen LogP contribution in [0.15, 0.2) is 23.3 Å². The SMILES string of the molecule is CC(C)C(NC(=O)OC(C)(C)C)C(=O)O.CCOC(=O)/C(C)=C/[C@@H](NC)C(C)C.CCOC(=O)/C(C)=C/[C@H](C(C)C)N(C)C(=O)C(NC(=O)OC(C)(C)C)C(C)C.Cl.Cl. The highest BCUT2D eigenvalue weighted by molar-refractivity contribution is 5.89. The minimum absolute atomic E-state index is 0. The predicted octanol–water partition coefficient (Wildman–Crippen LogP) is 7.73. The lowest BCUT2D eigenvalue weighted by molar-refractivity contribution is -0.141. The van der Waals surface area contributed by atoms with E-state index in [1.807, 2.05) is 47.7 Å². The van der Waals surface area contributed by atoms with Crippen LogP contribution < -0.4 is 16.0 Å². The van der Waals surface area contributed by atoms with Gasteiger partial charge in [-0.1, -0.05) is 67.5 Å². The van der Waals surface area contributed by atoms with Crippen LogP contribution >= 0.6 is 24.8 Å². The van der Waals surface area contributed by atoms with Gasteiger partial charge in [0.05, 0.1) is 19.3 Å². The summed E-state index contributed by atoms with van der Waals surface area (Å²) in [6, 6.07) is -1.75. The zero-order valence-corrected chi connectivity index (χ0v) is 41.1. The second-order valence-electron chi connectivity index (χ2n) is 17.0. The molecule has 4 atom stereocenters. The number of hydrogen-bond acceptors (Lipinski definition) is 11. The first kappa shape index (κ1) is 64.6. The third-order valence-corrected chi connectivity index (χ3v) is 7.78. The Morgan fingerprint density at radius 3 is 1.25 bits per heavy atom. The summed E-state index contributed by atoms with van der Waals surface area (Å²) in [6.07, 6.45) is 2.32. The Balaban J connectivity index is -0.000000266. The molecule has 2 unspecified atom stereocenters. The number of esters is 2. The Hall–Kier alpha value is -3.56. The van der Waals surface area contributed by atoms with E-state index in [1.165, 1.54) is 0 Å². The zero-order chi connectivity index (χ0) is 45.6. The van der Waals surface area contributed by atoms with Crippen LogP contribution in [0.2, 0.25) is 0 Å². The molecule has 0 fully saturated rings. The van der Waals surface area contributed by atoms with Crippen molar-refractivity contribution in [1.82, 2.24) is 20.9 Å². The fourth-order valence-electron chi connectivity index (χ4n) is 4.77. The summed E-state index contributed by atoms with van der Waals surface area (Å²) < 4.78 is 20.2. The molecule has 0 aromatic carbocycles. The molecule has 0 rings (SSSR count). The van der Waals surface area contributed by atoms with Crippen molar-refractivity contribution in [2.45, 2.75) is 160 Å². The first-order chi connectivity index (χ1) is 25.9. The van der Waals surface area contributed by atoms with E-state index in [4.69, 9.17) is 24.1 Å². The molecule has 4 N–H and O–H groups in total. The molecule has 3 amide bonds. The molecule has 0 aliphatic carbocycles. The molecule has 17 heteroatoms. The molecular formula is C42H80Cl2N4O11. The van der Waals surface area contributed by atoms with Crippen LogP contribution in [0.5, 0.6) is 0 Å². The number of nitrogens with zero attached hydrogens (tertiary/aromatic N) is 1. The molecule has 0 saturated carbocycles. The van der Waals surface area contributed by atoms with E-state index in [0.29, 0.717) is 30.3 Å². The van der Waals surface area contributed by atoms with Gasteiger partial charge in [0, 0.05) is 24.2 Å². The predicted molar refractivity (Wildman–Crippen MR) is 238 cm³/mol. The average molecular weight is 888 g/mol. The topological polar surface area (TPSA) is 199 Å². The average Bonchev–Trinajstić information content (AvgIpc) is 3.05. The number of rotatable bonds is 16. The summed E-state index contributed by atoms with van der Waals surface area (Å²) in [5.74, 6) is -1.73. The fourth-order valence-corrected chi connectivity index (χ4v) is 4.77. The molecule has 0 saturated heterocycles. The smallest absolute Gasteiger partial charge is 0.408 e. The van der Waals surface area contributed by atoms with Crippen LogP contribution in [0.4, 0.5) is 9.59 Å². The number of amides is 3. The van der Waals surface area contributed by atoms with Crippen molar-refractivity contribution in [2.24, 2.45) is 23.7 Å². The van der Waals surface area contributed by atoms with Gasteiger partial charge in [-0.05, 0) is 100.0 Å². The number of carbonyl (C=O) groups is 6. The normalized spacial score (nSPS) is 13.7. The Bertz CT molecular complexity index is 1340. The van der Waals surface area contributed by atoms with Crippen molar-refractivity contribution in [3.8, 4) is 0 Å². The number of hydrogen-bond donors (Lipinski definition) is 4. The maximum Gasteiger partial charge on any atom is 0.408 e. The molecule has 0 spiro atoms. The number of alkyl carbamates (subject to hydrolysis) is 2. The van der Waals surface area contributed by atoms with Crippen molar-refractivity contribution in [3.63, 3.8) is 0 Å². The van der Waals surface area contributed by atoms with Gasteiger partial charge in [0.2, 0.25) is 5.91 Å². The molecule has 15 nitrogen and oxygen atoms in total. The van der Waals surface area contributed by atoms with Crippen molar-refractivity contribution < 1.29 is 52.8 Å². The maximum atomic E-state index is 13.1. The monoisotopic (exact) mass is 887 g/mol. The maximum absolute atomic E-state index is 13.1. The molecular weight excluding hydrogens is 807 g/mol. The van der Waals surface area contributed by atoms with Crippen molar-refractivity contribution in [3.05, 3.63) is 23.3 Å². The van der Waals surface area contributed by atoms with Crippen LogP contribution in [-0.2, 0) is 38.1 Å². The van der Waals surface area contributed by atoms with Gasteiger partial charge in [-0.2, -0.15) is 0 Å². The van der Waals surface area contributed by atoms with Gasteiger partial charge in [0.1, 0.15) is 23.3 Å². The van der Waals surface area contributed by atoms with E-state index in [0.717, 1.165) is 0 Å². The van der Waals surface area contributed by atoms with E-state index < -0.39 is 47.4 Å². The summed E-state index contributed by atoms with van der Waals surface area (Å²) in [7, 11) is 3.56. The molecule has 0 aromatic rings. The first-order valence-corrected chi connectivity index (χ1v) is 19.7. The van der Waals surface area contributed by atoms with Gasteiger partial charge in [-0.15, -0.1) is 24.8 Å².